The van der Waals surface area contributed by atoms with Gasteiger partial charge in [-0.15, -0.1) is 10.2 Å². The predicted molar refractivity (Wildman–Crippen MR) is 42.8 cm³/mol. The standard InChI is InChI=1S/C7H10N4O/c1-7(3-12-4-7)2-10-11-5-8-9-6-11/h2,5-6H,3-4H2,1H3/b10-2+. The Morgan fingerprint density at radius 1 is 1.50 bits per heavy atom. The van der Waals surface area contributed by atoms with Crippen molar-refractivity contribution in [1.29, 1.82) is 0 Å². The first-order chi connectivity index (χ1) is 5.79. The van der Waals surface area contributed by atoms with Crippen LogP contribution in [0.3, 0.4) is 0 Å². The number of aromatic nitrogens is 3. The maximum Gasteiger partial charge on any atom is 0.141 e. The summed E-state index contributed by atoms with van der Waals surface area (Å²) in [6.45, 7) is 3.60. The Labute approximate surface area is 70.1 Å². The van der Waals surface area contributed by atoms with Crippen molar-refractivity contribution in [2.24, 2.45) is 10.5 Å². The fraction of sp³-hybridized carbons (Fsp3) is 0.571. The van der Waals surface area contributed by atoms with Crippen LogP contribution in [-0.2, 0) is 4.74 Å². The van der Waals surface area contributed by atoms with Gasteiger partial charge in [0, 0.05) is 6.21 Å². The molecule has 12 heavy (non-hydrogen) atoms. The van der Waals surface area contributed by atoms with Crippen molar-refractivity contribution in [3.8, 4) is 0 Å². The molecule has 0 amide bonds. The van der Waals surface area contributed by atoms with Gasteiger partial charge in [0.2, 0.25) is 0 Å². The fourth-order valence-electron chi connectivity index (χ4n) is 0.960. The summed E-state index contributed by atoms with van der Waals surface area (Å²) in [7, 11) is 0. The van der Waals surface area contributed by atoms with Crippen LogP contribution in [0.4, 0.5) is 0 Å². The lowest BCUT2D eigenvalue weighted by Gasteiger charge is -2.33. The van der Waals surface area contributed by atoms with Crippen LogP contribution in [-0.4, -0.2) is 34.3 Å². The molecular formula is C7H10N4O. The van der Waals surface area contributed by atoms with E-state index in [1.807, 2.05) is 6.21 Å². The van der Waals surface area contributed by atoms with Gasteiger partial charge in [-0.25, -0.2) is 4.68 Å². The van der Waals surface area contributed by atoms with Gasteiger partial charge in [-0.3, -0.25) is 0 Å². The predicted octanol–water partition coefficient (Wildman–Crippen LogP) is 0.149. The van der Waals surface area contributed by atoms with Crippen LogP contribution >= 0.6 is 0 Å². The van der Waals surface area contributed by atoms with Crippen molar-refractivity contribution >= 4 is 6.21 Å². The van der Waals surface area contributed by atoms with Gasteiger partial charge in [-0.05, 0) is 0 Å². The second kappa shape index (κ2) is 2.67. The molecule has 1 aromatic heterocycles. The molecule has 1 fully saturated rings. The number of rotatable bonds is 2. The molecule has 1 aromatic rings. The quantitative estimate of drug-likeness (QED) is 0.587. The summed E-state index contributed by atoms with van der Waals surface area (Å²) in [5.41, 5.74) is 0.101. The zero-order valence-corrected chi connectivity index (χ0v) is 6.84. The molecule has 0 bridgehead atoms. The van der Waals surface area contributed by atoms with E-state index in [-0.39, 0.29) is 5.41 Å². The van der Waals surface area contributed by atoms with E-state index >= 15 is 0 Å². The van der Waals surface area contributed by atoms with Gasteiger partial charge in [0.25, 0.3) is 0 Å². The molecular weight excluding hydrogens is 156 g/mol. The van der Waals surface area contributed by atoms with Gasteiger partial charge in [0.05, 0.1) is 18.6 Å². The van der Waals surface area contributed by atoms with Crippen molar-refractivity contribution in [1.82, 2.24) is 14.9 Å². The number of hydrogen-bond acceptors (Lipinski definition) is 4. The second-order valence-corrected chi connectivity index (χ2v) is 3.23. The fourth-order valence-corrected chi connectivity index (χ4v) is 0.960. The first-order valence-electron chi connectivity index (χ1n) is 3.76. The molecule has 0 saturated carbocycles. The summed E-state index contributed by atoms with van der Waals surface area (Å²) in [5.74, 6) is 0. The Hall–Kier alpha value is -1.23. The van der Waals surface area contributed by atoms with Gasteiger partial charge in [-0.2, -0.15) is 5.10 Å². The highest BCUT2D eigenvalue weighted by Gasteiger charge is 2.31. The SMILES string of the molecule is CC1(/C=N/n2cnnc2)COC1. The van der Waals surface area contributed by atoms with Gasteiger partial charge < -0.3 is 4.74 Å². The number of nitrogens with zero attached hydrogens (tertiary/aromatic N) is 4. The van der Waals surface area contributed by atoms with E-state index < -0.39 is 0 Å². The first kappa shape index (κ1) is 7.42. The highest BCUT2D eigenvalue weighted by molar-refractivity contribution is 5.66. The van der Waals surface area contributed by atoms with E-state index in [1.165, 1.54) is 0 Å². The van der Waals surface area contributed by atoms with Crippen LogP contribution in [0.2, 0.25) is 0 Å². The van der Waals surface area contributed by atoms with Crippen LogP contribution in [0.5, 0.6) is 0 Å². The van der Waals surface area contributed by atoms with Crippen molar-refractivity contribution < 1.29 is 4.74 Å². The van der Waals surface area contributed by atoms with E-state index in [9.17, 15) is 0 Å². The van der Waals surface area contributed by atoms with Gasteiger partial charge >= 0.3 is 0 Å². The van der Waals surface area contributed by atoms with Gasteiger partial charge in [0.15, 0.2) is 0 Å². The van der Waals surface area contributed by atoms with Crippen molar-refractivity contribution in [2.75, 3.05) is 13.2 Å². The molecule has 5 nitrogen and oxygen atoms in total. The normalized spacial score (nSPS) is 21.1. The van der Waals surface area contributed by atoms with Crippen molar-refractivity contribution in [3.63, 3.8) is 0 Å². The maximum absolute atomic E-state index is 5.08. The van der Waals surface area contributed by atoms with Crippen LogP contribution in [0.15, 0.2) is 17.8 Å². The summed E-state index contributed by atoms with van der Waals surface area (Å²) < 4.78 is 6.65. The molecule has 0 aliphatic carbocycles. The third-order valence-corrected chi connectivity index (χ3v) is 1.77. The van der Waals surface area contributed by atoms with E-state index in [2.05, 4.69) is 22.2 Å². The third-order valence-electron chi connectivity index (χ3n) is 1.77. The molecule has 64 valence electrons. The number of hydrogen-bond donors (Lipinski definition) is 0. The minimum absolute atomic E-state index is 0.101. The topological polar surface area (TPSA) is 52.3 Å². The van der Waals surface area contributed by atoms with Crippen LogP contribution in [0.1, 0.15) is 6.92 Å². The molecule has 0 N–H and O–H groups in total. The lowest BCUT2D eigenvalue weighted by atomic mass is 9.91. The van der Waals surface area contributed by atoms with E-state index in [0.717, 1.165) is 13.2 Å². The molecule has 5 heteroatoms. The van der Waals surface area contributed by atoms with Gasteiger partial charge in [0.1, 0.15) is 12.7 Å². The molecule has 0 atom stereocenters. The summed E-state index contributed by atoms with van der Waals surface area (Å²) in [5, 5.41) is 11.4. The molecule has 1 aliphatic rings. The average molecular weight is 166 g/mol. The summed E-state index contributed by atoms with van der Waals surface area (Å²) >= 11 is 0. The third kappa shape index (κ3) is 1.35. The Kier molecular flexibility index (Phi) is 1.65. The zero-order valence-electron chi connectivity index (χ0n) is 6.84. The van der Waals surface area contributed by atoms with Crippen molar-refractivity contribution in [3.05, 3.63) is 12.7 Å². The summed E-state index contributed by atoms with van der Waals surface area (Å²) in [6, 6.07) is 0. The summed E-state index contributed by atoms with van der Waals surface area (Å²) in [6.07, 6.45) is 4.98. The molecule has 2 heterocycles. The molecule has 1 saturated heterocycles. The van der Waals surface area contributed by atoms with E-state index in [1.54, 1.807) is 17.3 Å². The second-order valence-electron chi connectivity index (χ2n) is 3.23. The average Bonchev–Trinajstić information content (AvgIpc) is 2.49. The molecule has 0 spiro atoms. The molecule has 0 unspecified atom stereocenters. The number of ether oxygens (including phenoxy) is 1. The van der Waals surface area contributed by atoms with Crippen LogP contribution < -0.4 is 0 Å². The smallest absolute Gasteiger partial charge is 0.141 e. The minimum atomic E-state index is 0.101. The lowest BCUT2D eigenvalue weighted by Crippen LogP contribution is -2.41. The van der Waals surface area contributed by atoms with Gasteiger partial charge in [-0.1, -0.05) is 6.92 Å². The minimum Gasteiger partial charge on any atom is -0.379 e. The largest absolute Gasteiger partial charge is 0.379 e. The highest BCUT2D eigenvalue weighted by atomic mass is 16.5. The molecule has 0 aromatic carbocycles. The summed E-state index contributed by atoms with van der Waals surface area (Å²) in [4.78, 5) is 0. The first-order valence-corrected chi connectivity index (χ1v) is 3.76. The Bertz CT molecular complexity index is 276. The lowest BCUT2D eigenvalue weighted by molar-refractivity contribution is -0.0556. The van der Waals surface area contributed by atoms with Crippen molar-refractivity contribution in [2.45, 2.75) is 6.92 Å². The highest BCUT2D eigenvalue weighted by Crippen LogP contribution is 2.23. The van der Waals surface area contributed by atoms with Crippen LogP contribution in [0, 0.1) is 5.41 Å². The molecule has 1 aliphatic heterocycles. The maximum atomic E-state index is 5.08. The Morgan fingerprint density at radius 2 is 2.17 bits per heavy atom. The zero-order chi connectivity index (χ0) is 8.44. The molecule has 2 rings (SSSR count). The van der Waals surface area contributed by atoms with E-state index in [4.69, 9.17) is 4.74 Å². The Balaban J connectivity index is 2.02. The monoisotopic (exact) mass is 166 g/mol. The van der Waals surface area contributed by atoms with Crippen LogP contribution in [0.25, 0.3) is 0 Å². The van der Waals surface area contributed by atoms with E-state index in [0.29, 0.717) is 0 Å². The molecule has 0 radical (unpaired) electrons. The Morgan fingerprint density at radius 3 is 2.67 bits per heavy atom.